The minimum absolute atomic E-state index is 0.172. The quantitative estimate of drug-likeness (QED) is 0.254. The van der Waals surface area contributed by atoms with Gasteiger partial charge < -0.3 is 15.4 Å². The average Bonchev–Trinajstić information content (AvgIpc) is 3.25. The number of carbonyl (C=O) groups excluding carboxylic acids is 2. The Morgan fingerprint density at radius 3 is 2.63 bits per heavy atom. The van der Waals surface area contributed by atoms with Crippen LogP contribution < -0.4 is 16.0 Å². The zero-order chi connectivity index (χ0) is 26.9. The molecule has 0 saturated carbocycles. The van der Waals surface area contributed by atoms with Crippen molar-refractivity contribution in [1.82, 2.24) is 15.4 Å². The van der Waals surface area contributed by atoms with E-state index >= 15 is 0 Å². The molecule has 2 heterocycles. The van der Waals surface area contributed by atoms with E-state index in [0.717, 1.165) is 22.0 Å². The number of pyridine rings is 1. The van der Waals surface area contributed by atoms with Crippen LogP contribution in [0.5, 0.6) is 5.75 Å². The predicted molar refractivity (Wildman–Crippen MR) is 139 cm³/mol. The normalized spacial score (nSPS) is 18.0. The number of hydroxylamine groups is 1. The van der Waals surface area contributed by atoms with Gasteiger partial charge in [0.15, 0.2) is 0 Å². The summed E-state index contributed by atoms with van der Waals surface area (Å²) in [5.41, 5.74) is 10.5. The lowest BCUT2D eigenvalue weighted by molar-refractivity contribution is -0.143. The minimum Gasteiger partial charge on any atom is -0.489 e. The van der Waals surface area contributed by atoms with Gasteiger partial charge in [-0.25, -0.2) is 14.9 Å². The number of likely N-dealkylation sites (tertiary alicyclic amines) is 1. The number of halogens is 1. The van der Waals surface area contributed by atoms with Crippen LogP contribution in [0.25, 0.3) is 22.2 Å². The number of carbonyl (C=O) groups is 2. The average molecular weight is 515 g/mol. The second-order valence-electron chi connectivity index (χ2n) is 9.35. The van der Waals surface area contributed by atoms with Gasteiger partial charge in [0.25, 0.3) is 5.91 Å². The number of fused-ring (bicyclic) bond motifs is 1. The maximum absolute atomic E-state index is 13.5. The molecule has 4 N–H and O–H groups in total. The number of nitrogens with zero attached hydrogens (tertiary/aromatic N) is 2. The Kier molecular flexibility index (Phi) is 6.79. The molecule has 5 rings (SSSR count). The Balaban J connectivity index is 1.46. The molecular weight excluding hydrogens is 487 g/mol. The van der Waals surface area contributed by atoms with E-state index in [1.54, 1.807) is 41.9 Å². The maximum Gasteiger partial charge on any atom is 0.265 e. The van der Waals surface area contributed by atoms with Crippen molar-refractivity contribution in [1.29, 1.82) is 0 Å². The zero-order valence-corrected chi connectivity index (χ0v) is 20.7. The topological polar surface area (TPSA) is 118 Å². The van der Waals surface area contributed by atoms with Crippen molar-refractivity contribution in [3.05, 3.63) is 95.8 Å². The van der Waals surface area contributed by atoms with Crippen LogP contribution in [0, 0.1) is 5.82 Å². The molecule has 9 heteroatoms. The van der Waals surface area contributed by atoms with Crippen molar-refractivity contribution in [2.75, 3.05) is 6.54 Å². The molecular formula is C29H27FN4O4. The molecule has 3 aromatic carbocycles. The highest BCUT2D eigenvalue weighted by molar-refractivity contribution is 5.94. The third-order valence-corrected chi connectivity index (χ3v) is 7.04. The summed E-state index contributed by atoms with van der Waals surface area (Å²) >= 11 is 0. The first kappa shape index (κ1) is 25.3. The lowest BCUT2D eigenvalue weighted by Crippen LogP contribution is -2.51. The first-order valence-corrected chi connectivity index (χ1v) is 12.2. The Bertz CT molecular complexity index is 1510. The summed E-state index contributed by atoms with van der Waals surface area (Å²) in [7, 11) is 0. The number of ether oxygens (including phenoxy) is 1. The van der Waals surface area contributed by atoms with Crippen molar-refractivity contribution < 1.29 is 23.9 Å². The molecule has 1 saturated heterocycles. The van der Waals surface area contributed by atoms with Gasteiger partial charge in [-0.15, -0.1) is 0 Å². The lowest BCUT2D eigenvalue weighted by atomic mass is 9.88. The maximum atomic E-state index is 13.5. The van der Waals surface area contributed by atoms with E-state index in [2.05, 4.69) is 0 Å². The van der Waals surface area contributed by atoms with E-state index in [9.17, 15) is 14.0 Å². The fraction of sp³-hybridized carbons (Fsp3) is 0.207. The Labute approximate surface area is 218 Å². The van der Waals surface area contributed by atoms with Gasteiger partial charge in [0.2, 0.25) is 5.91 Å². The number of hydrogen-bond acceptors (Lipinski definition) is 6. The van der Waals surface area contributed by atoms with E-state index in [-0.39, 0.29) is 25.4 Å². The molecule has 0 bridgehead atoms. The minimum atomic E-state index is -1.39. The van der Waals surface area contributed by atoms with Crippen LogP contribution in [0.15, 0.2) is 78.9 Å². The van der Waals surface area contributed by atoms with Crippen LogP contribution in [0.4, 0.5) is 4.39 Å². The van der Waals surface area contributed by atoms with Crippen molar-refractivity contribution in [3.8, 4) is 17.0 Å². The molecule has 1 fully saturated rings. The SMILES string of the molecule is CC(C(=O)NO)N1CCC(N)(c2ccccc2OCc2cc(-c3ccc(F)cc3)nc3ccccc23)C1=O. The molecule has 1 aromatic heterocycles. The van der Waals surface area contributed by atoms with Crippen molar-refractivity contribution >= 4 is 22.7 Å². The molecule has 4 aromatic rings. The van der Waals surface area contributed by atoms with Gasteiger partial charge in [-0.05, 0) is 55.8 Å². The third-order valence-electron chi connectivity index (χ3n) is 7.04. The van der Waals surface area contributed by atoms with E-state index in [0.29, 0.717) is 17.0 Å². The number of amides is 2. The van der Waals surface area contributed by atoms with Crippen LogP contribution >= 0.6 is 0 Å². The third kappa shape index (κ3) is 4.57. The number of para-hydroxylation sites is 2. The fourth-order valence-electron chi connectivity index (χ4n) is 4.87. The van der Waals surface area contributed by atoms with Gasteiger partial charge in [0, 0.05) is 28.6 Å². The van der Waals surface area contributed by atoms with Crippen LogP contribution in [0.1, 0.15) is 24.5 Å². The van der Waals surface area contributed by atoms with Crippen LogP contribution in [-0.2, 0) is 21.7 Å². The number of aromatic nitrogens is 1. The zero-order valence-electron chi connectivity index (χ0n) is 20.7. The Morgan fingerprint density at radius 1 is 1.16 bits per heavy atom. The Hall–Kier alpha value is -4.34. The summed E-state index contributed by atoms with van der Waals surface area (Å²) in [6, 6.07) is 22.0. The highest BCUT2D eigenvalue weighted by Crippen LogP contribution is 2.38. The summed E-state index contributed by atoms with van der Waals surface area (Å²) < 4.78 is 19.8. The number of rotatable bonds is 7. The van der Waals surface area contributed by atoms with Crippen molar-refractivity contribution in [2.24, 2.45) is 5.73 Å². The number of hydrogen-bond donors (Lipinski definition) is 3. The van der Waals surface area contributed by atoms with E-state index in [1.807, 2.05) is 30.3 Å². The number of benzene rings is 3. The lowest BCUT2D eigenvalue weighted by Gasteiger charge is -2.28. The van der Waals surface area contributed by atoms with Crippen LogP contribution in [0.2, 0.25) is 0 Å². The highest BCUT2D eigenvalue weighted by atomic mass is 19.1. The van der Waals surface area contributed by atoms with Gasteiger partial charge in [0.05, 0.1) is 11.2 Å². The van der Waals surface area contributed by atoms with Gasteiger partial charge >= 0.3 is 0 Å². The van der Waals surface area contributed by atoms with Gasteiger partial charge in [-0.2, -0.15) is 0 Å². The molecule has 1 aliphatic rings. The van der Waals surface area contributed by atoms with Gasteiger partial charge in [-0.1, -0.05) is 36.4 Å². The number of nitrogens with one attached hydrogen (secondary N) is 1. The van der Waals surface area contributed by atoms with E-state index < -0.39 is 23.4 Å². The monoisotopic (exact) mass is 514 g/mol. The molecule has 194 valence electrons. The summed E-state index contributed by atoms with van der Waals surface area (Å²) in [6.45, 7) is 1.96. The molecule has 0 aliphatic carbocycles. The smallest absolute Gasteiger partial charge is 0.265 e. The second kappa shape index (κ2) is 10.2. The standard InChI is InChI=1S/C29H27FN4O4/c1-18(27(35)33-37)34-15-14-29(31,28(34)36)23-7-3-5-9-26(23)38-17-20-16-25(19-10-12-21(30)13-11-19)32-24-8-4-2-6-22(20)24/h2-13,16,18,37H,14-15,17,31H2,1H3,(H,33,35). The second-order valence-corrected chi connectivity index (χ2v) is 9.35. The first-order chi connectivity index (χ1) is 18.3. The molecule has 2 amide bonds. The summed E-state index contributed by atoms with van der Waals surface area (Å²) in [5.74, 6) is -0.975. The van der Waals surface area contributed by atoms with Crippen LogP contribution in [-0.4, -0.2) is 39.5 Å². The van der Waals surface area contributed by atoms with Gasteiger partial charge in [-0.3, -0.25) is 14.8 Å². The summed E-state index contributed by atoms with van der Waals surface area (Å²) in [4.78, 5) is 31.4. The highest BCUT2D eigenvalue weighted by Gasteiger charge is 2.48. The predicted octanol–water partition coefficient (Wildman–Crippen LogP) is 3.90. The van der Waals surface area contributed by atoms with Crippen molar-refractivity contribution in [3.63, 3.8) is 0 Å². The molecule has 2 unspecified atom stereocenters. The first-order valence-electron chi connectivity index (χ1n) is 12.2. The summed E-state index contributed by atoms with van der Waals surface area (Å²) in [5, 5.41) is 9.90. The molecule has 38 heavy (non-hydrogen) atoms. The molecule has 1 aliphatic heterocycles. The molecule has 0 spiro atoms. The van der Waals surface area contributed by atoms with Crippen molar-refractivity contribution in [2.45, 2.75) is 31.5 Å². The summed E-state index contributed by atoms with van der Waals surface area (Å²) in [6.07, 6.45) is 0.280. The van der Waals surface area contributed by atoms with Crippen LogP contribution in [0.3, 0.4) is 0 Å². The largest absolute Gasteiger partial charge is 0.489 e. The Morgan fingerprint density at radius 2 is 1.87 bits per heavy atom. The van der Waals surface area contributed by atoms with Gasteiger partial charge in [0.1, 0.15) is 29.8 Å². The van der Waals surface area contributed by atoms with E-state index in [4.69, 9.17) is 20.7 Å². The number of nitrogens with two attached hydrogens (primary N) is 1. The molecule has 8 nitrogen and oxygen atoms in total. The molecule has 2 atom stereocenters. The molecule has 0 radical (unpaired) electrons. The van der Waals surface area contributed by atoms with E-state index in [1.165, 1.54) is 24.0 Å². The fourth-order valence-corrected chi connectivity index (χ4v) is 4.87.